The minimum atomic E-state index is 0.936. The first-order valence-electron chi connectivity index (χ1n) is 22.5. The van der Waals surface area contributed by atoms with Gasteiger partial charge in [-0.1, -0.05) is 182 Å². The van der Waals surface area contributed by atoms with Crippen LogP contribution in [-0.4, -0.2) is 9.97 Å². The van der Waals surface area contributed by atoms with E-state index in [1.54, 1.807) is 0 Å². The summed E-state index contributed by atoms with van der Waals surface area (Å²) in [5, 5.41) is 0. The third kappa shape index (κ3) is 8.28. The van der Waals surface area contributed by atoms with Crippen LogP contribution in [0.4, 0.5) is 0 Å². The smallest absolute Gasteiger partial charge is 0.0708 e. The fourth-order valence-electron chi connectivity index (χ4n) is 9.14. The average Bonchev–Trinajstić information content (AvgIpc) is 3.42. The highest BCUT2D eigenvalue weighted by Gasteiger charge is 2.19. The molecule has 0 aliphatic carbocycles. The first kappa shape index (κ1) is 40.1. The van der Waals surface area contributed by atoms with Crippen LogP contribution in [-0.2, 0) is 0 Å². The monoisotopic (exact) mass is 840 g/mol. The summed E-state index contributed by atoms with van der Waals surface area (Å²) in [6, 6.07) is 91.5. The summed E-state index contributed by atoms with van der Waals surface area (Å²) < 4.78 is 0. The van der Waals surface area contributed by atoms with Gasteiger partial charge in [0.05, 0.1) is 11.4 Å². The van der Waals surface area contributed by atoms with Crippen molar-refractivity contribution in [2.45, 2.75) is 0 Å². The molecule has 0 fully saturated rings. The molecule has 0 spiro atoms. The van der Waals surface area contributed by atoms with Gasteiger partial charge in [-0.3, -0.25) is 9.97 Å². The summed E-state index contributed by atoms with van der Waals surface area (Å²) in [5.74, 6) is 0. The molecule has 0 aliphatic rings. The highest BCUT2D eigenvalue weighted by atomic mass is 14.7. The van der Waals surface area contributed by atoms with Crippen molar-refractivity contribution in [3.63, 3.8) is 0 Å². The lowest BCUT2D eigenvalue weighted by molar-refractivity contribution is 1.33. The zero-order valence-corrected chi connectivity index (χ0v) is 36.3. The second kappa shape index (κ2) is 18.2. The largest absolute Gasteiger partial charge is 0.256 e. The van der Waals surface area contributed by atoms with Crippen molar-refractivity contribution in [2.24, 2.45) is 0 Å². The molecule has 0 aliphatic heterocycles. The molecule has 310 valence electrons. The third-order valence-corrected chi connectivity index (χ3v) is 12.4. The molecule has 0 radical (unpaired) electrons. The van der Waals surface area contributed by atoms with Gasteiger partial charge in [-0.25, -0.2) is 0 Å². The lowest BCUT2D eigenvalue weighted by Gasteiger charge is -2.19. The van der Waals surface area contributed by atoms with Crippen LogP contribution in [0.15, 0.2) is 267 Å². The fraction of sp³-hybridized carbons (Fsp3) is 0. The van der Waals surface area contributed by atoms with Gasteiger partial charge in [0.1, 0.15) is 0 Å². The van der Waals surface area contributed by atoms with Gasteiger partial charge >= 0.3 is 0 Å². The maximum Gasteiger partial charge on any atom is 0.0708 e. The summed E-state index contributed by atoms with van der Waals surface area (Å²) in [6.45, 7) is 0. The molecule has 2 nitrogen and oxygen atoms in total. The maximum atomic E-state index is 4.86. The van der Waals surface area contributed by atoms with Crippen molar-refractivity contribution in [2.75, 3.05) is 0 Å². The van der Waals surface area contributed by atoms with Crippen LogP contribution >= 0.6 is 0 Å². The first-order chi connectivity index (χ1) is 32.7. The number of pyridine rings is 2. The van der Waals surface area contributed by atoms with Crippen molar-refractivity contribution in [1.29, 1.82) is 0 Å². The topological polar surface area (TPSA) is 25.8 Å². The Morgan fingerprint density at radius 3 is 0.818 bits per heavy atom. The molecular weight excluding hydrogens is 797 g/mol. The molecule has 0 atom stereocenters. The zero-order valence-electron chi connectivity index (χ0n) is 36.3. The molecule has 2 heteroatoms. The van der Waals surface area contributed by atoms with E-state index in [-0.39, 0.29) is 0 Å². The molecule has 66 heavy (non-hydrogen) atoms. The van der Waals surface area contributed by atoms with E-state index in [0.717, 1.165) is 100 Å². The van der Waals surface area contributed by atoms with Crippen molar-refractivity contribution >= 4 is 0 Å². The van der Waals surface area contributed by atoms with Crippen molar-refractivity contribution < 1.29 is 0 Å². The molecule has 2 aromatic heterocycles. The third-order valence-electron chi connectivity index (χ3n) is 12.4. The number of hydrogen-bond donors (Lipinski definition) is 0. The first-order valence-corrected chi connectivity index (χ1v) is 22.5. The van der Waals surface area contributed by atoms with E-state index in [2.05, 4.69) is 243 Å². The Hall–Kier alpha value is -8.72. The molecule has 0 saturated heterocycles. The molecule has 0 unspecified atom stereocenters. The Balaban J connectivity index is 1.14. The molecule has 0 saturated carbocycles. The van der Waals surface area contributed by atoms with Crippen LogP contribution in [0.2, 0.25) is 0 Å². The lowest BCUT2D eigenvalue weighted by Crippen LogP contribution is -1.94. The Bertz CT molecular complexity index is 3190. The van der Waals surface area contributed by atoms with Crippen molar-refractivity contribution in [1.82, 2.24) is 9.97 Å². The number of nitrogens with zero attached hydrogens (tertiary/aromatic N) is 2. The van der Waals surface area contributed by atoms with Crippen LogP contribution in [0.25, 0.3) is 112 Å². The van der Waals surface area contributed by atoms with Gasteiger partial charge in [-0.15, -0.1) is 0 Å². The van der Waals surface area contributed by atoms with Crippen LogP contribution in [0.1, 0.15) is 0 Å². The van der Waals surface area contributed by atoms with Crippen LogP contribution < -0.4 is 0 Å². The SMILES string of the molecule is c1ccc(-c2cc(-c3ccccc3-c3cc(-c4ccccc4)cc(-c4cc(-c5ccccc5)ccc4-c4ccccn4)c3)cc(-c3cc(-c4ccccc4)ccc3-c3ccccn3)c2)cc1. The van der Waals surface area contributed by atoms with Gasteiger partial charge < -0.3 is 0 Å². The van der Waals surface area contributed by atoms with Crippen molar-refractivity contribution in [3.8, 4) is 112 Å². The summed E-state index contributed by atoms with van der Waals surface area (Å²) in [7, 11) is 0. The normalized spacial score (nSPS) is 11.0. The van der Waals surface area contributed by atoms with Gasteiger partial charge in [0, 0.05) is 23.5 Å². The van der Waals surface area contributed by atoms with Crippen LogP contribution in [0.3, 0.4) is 0 Å². The molecule has 9 aromatic carbocycles. The second-order valence-electron chi connectivity index (χ2n) is 16.6. The fourth-order valence-corrected chi connectivity index (χ4v) is 9.14. The van der Waals surface area contributed by atoms with Gasteiger partial charge in [-0.2, -0.15) is 0 Å². The van der Waals surface area contributed by atoms with E-state index in [1.165, 1.54) is 11.1 Å². The molecule has 0 N–H and O–H groups in total. The molecule has 11 rings (SSSR count). The van der Waals surface area contributed by atoms with E-state index in [9.17, 15) is 0 Å². The molecular formula is C64H44N2. The van der Waals surface area contributed by atoms with E-state index >= 15 is 0 Å². The maximum absolute atomic E-state index is 4.86. The van der Waals surface area contributed by atoms with Crippen LogP contribution in [0.5, 0.6) is 0 Å². The molecule has 0 bridgehead atoms. The highest BCUT2D eigenvalue weighted by molar-refractivity contribution is 5.95. The van der Waals surface area contributed by atoms with Gasteiger partial charge in [0.25, 0.3) is 0 Å². The van der Waals surface area contributed by atoms with Gasteiger partial charge in [0.15, 0.2) is 0 Å². The van der Waals surface area contributed by atoms with Crippen molar-refractivity contribution in [3.05, 3.63) is 267 Å². The summed E-state index contributed by atoms with van der Waals surface area (Å²) in [4.78, 5) is 9.73. The Kier molecular flexibility index (Phi) is 11.0. The summed E-state index contributed by atoms with van der Waals surface area (Å²) >= 11 is 0. The average molecular weight is 841 g/mol. The predicted octanol–water partition coefficient (Wildman–Crippen LogP) is 17.1. The number of aromatic nitrogens is 2. The van der Waals surface area contributed by atoms with E-state index in [0.29, 0.717) is 0 Å². The Labute approximate surface area is 386 Å². The highest BCUT2D eigenvalue weighted by Crippen LogP contribution is 2.44. The van der Waals surface area contributed by atoms with Gasteiger partial charge in [-0.05, 0) is 162 Å². The minimum Gasteiger partial charge on any atom is -0.256 e. The standard InChI is InChI=1S/C64H44N2/c1-5-19-45(20-6-1)49-31-33-59(63-29-15-17-35-65-63)61(43-49)55-39-51(47-23-9-3-10-24-47)37-53(41-55)57-27-13-14-28-58(57)54-38-52(48-25-11-4-12-26-48)40-56(42-54)62-44-50(46-21-7-2-8-22-46)32-34-60(62)64-30-16-18-36-66-64/h1-44H. The minimum absolute atomic E-state index is 0.936. The predicted molar refractivity (Wildman–Crippen MR) is 276 cm³/mol. The summed E-state index contributed by atoms with van der Waals surface area (Å²) in [5.41, 5.74) is 22.4. The number of benzene rings is 9. The molecule has 0 amide bonds. The summed E-state index contributed by atoms with van der Waals surface area (Å²) in [6.07, 6.45) is 3.75. The number of hydrogen-bond acceptors (Lipinski definition) is 2. The van der Waals surface area contributed by atoms with E-state index in [1.807, 2.05) is 24.5 Å². The second-order valence-corrected chi connectivity index (χ2v) is 16.6. The molecule has 2 heterocycles. The quantitative estimate of drug-likeness (QED) is 0.137. The molecule has 11 aromatic rings. The van der Waals surface area contributed by atoms with Gasteiger partial charge in [0.2, 0.25) is 0 Å². The number of rotatable bonds is 10. The Morgan fingerprint density at radius 2 is 0.470 bits per heavy atom. The Morgan fingerprint density at radius 1 is 0.167 bits per heavy atom. The van der Waals surface area contributed by atoms with Crippen LogP contribution in [0, 0.1) is 0 Å². The van der Waals surface area contributed by atoms with E-state index < -0.39 is 0 Å². The van der Waals surface area contributed by atoms with E-state index in [4.69, 9.17) is 9.97 Å². The zero-order chi connectivity index (χ0) is 44.1. The lowest BCUT2D eigenvalue weighted by atomic mass is 9.85.